The second kappa shape index (κ2) is 4.94. The summed E-state index contributed by atoms with van der Waals surface area (Å²) >= 11 is 1.66. The Bertz CT molecular complexity index is 649. The molecule has 0 N–H and O–H groups in total. The van der Waals surface area contributed by atoms with Crippen molar-refractivity contribution in [2.45, 2.75) is 11.8 Å². The Morgan fingerprint density at radius 1 is 1.00 bits per heavy atom. The van der Waals surface area contributed by atoms with Gasteiger partial charge in [0.05, 0.1) is 11.4 Å². The van der Waals surface area contributed by atoms with E-state index < -0.39 is 0 Å². The van der Waals surface area contributed by atoms with E-state index in [2.05, 4.69) is 0 Å². The molecule has 1 aliphatic heterocycles. The number of hydrogen-bond acceptors (Lipinski definition) is 2. The summed E-state index contributed by atoms with van der Waals surface area (Å²) < 4.78 is 0. The van der Waals surface area contributed by atoms with E-state index >= 15 is 0 Å². The first kappa shape index (κ1) is 12.1. The summed E-state index contributed by atoms with van der Waals surface area (Å²) in [5.41, 5.74) is 2.96. The molecular weight excluding hydrogens is 254 g/mol. The summed E-state index contributed by atoms with van der Waals surface area (Å²) in [6.07, 6.45) is 0. The highest BCUT2D eigenvalue weighted by Gasteiger charge is 2.24. The van der Waals surface area contributed by atoms with E-state index in [1.54, 1.807) is 23.6 Å². The van der Waals surface area contributed by atoms with Crippen molar-refractivity contribution in [3.8, 4) is 0 Å². The van der Waals surface area contributed by atoms with Gasteiger partial charge in [-0.1, -0.05) is 54.2 Å². The summed E-state index contributed by atoms with van der Waals surface area (Å²) in [5, 5.41) is 2.04. The zero-order valence-electron chi connectivity index (χ0n) is 10.5. The lowest BCUT2D eigenvalue weighted by atomic mass is 10.1. The average Bonchev–Trinajstić information content (AvgIpc) is 2.46. The Hall–Kier alpha value is -2.00. The third kappa shape index (κ3) is 2.17. The van der Waals surface area contributed by atoms with E-state index in [1.165, 1.54) is 0 Å². The maximum atomic E-state index is 12.0. The lowest BCUT2D eigenvalue weighted by Crippen LogP contribution is -2.28. The minimum atomic E-state index is 0.0304. The Balaban J connectivity index is 2.12. The maximum Gasteiger partial charge on any atom is 0.228 e. The third-order valence-electron chi connectivity index (χ3n) is 3.03. The van der Waals surface area contributed by atoms with E-state index in [-0.39, 0.29) is 5.91 Å². The number of nitrogens with zero attached hydrogens (tertiary/aromatic N) is 1. The van der Waals surface area contributed by atoms with Crippen molar-refractivity contribution in [2.24, 2.45) is 0 Å². The fraction of sp³-hybridized carbons (Fsp3) is 0.0625. The van der Waals surface area contributed by atoms with Crippen LogP contribution in [-0.4, -0.2) is 5.91 Å². The van der Waals surface area contributed by atoms with Crippen LogP contribution >= 0.6 is 11.8 Å². The van der Waals surface area contributed by atoms with Gasteiger partial charge in [-0.05, 0) is 17.7 Å². The van der Waals surface area contributed by atoms with Gasteiger partial charge in [0.1, 0.15) is 0 Å². The van der Waals surface area contributed by atoms with Gasteiger partial charge in [-0.3, -0.25) is 9.69 Å². The first-order chi connectivity index (χ1) is 9.27. The molecule has 94 valence electrons. The zero-order valence-corrected chi connectivity index (χ0v) is 11.4. The fourth-order valence-corrected chi connectivity index (χ4v) is 3.11. The quantitative estimate of drug-likeness (QED) is 0.773. The molecule has 0 bridgehead atoms. The molecule has 0 radical (unpaired) electrons. The number of fused-ring (bicyclic) bond motifs is 1. The predicted octanol–water partition coefficient (Wildman–Crippen LogP) is 4.14. The van der Waals surface area contributed by atoms with Crippen LogP contribution in [0.5, 0.6) is 0 Å². The number of hydrogen-bond donors (Lipinski definition) is 0. The number of rotatable bonds is 1. The molecule has 0 atom stereocenters. The fourth-order valence-electron chi connectivity index (χ4n) is 2.19. The molecule has 2 aromatic carbocycles. The molecule has 2 nitrogen and oxygen atoms in total. The van der Waals surface area contributed by atoms with Crippen LogP contribution < -0.4 is 4.90 Å². The number of amides is 1. The molecule has 1 aliphatic rings. The average molecular weight is 267 g/mol. The Morgan fingerprint density at radius 2 is 1.68 bits per heavy atom. The van der Waals surface area contributed by atoms with Crippen LogP contribution in [-0.2, 0) is 4.79 Å². The van der Waals surface area contributed by atoms with E-state index in [0.717, 1.165) is 21.8 Å². The van der Waals surface area contributed by atoms with Gasteiger partial charge in [0, 0.05) is 17.2 Å². The second-order valence-electron chi connectivity index (χ2n) is 4.31. The molecule has 1 heterocycles. The Morgan fingerprint density at radius 3 is 2.42 bits per heavy atom. The molecule has 3 rings (SSSR count). The van der Waals surface area contributed by atoms with Crippen LogP contribution in [0.3, 0.4) is 0 Å². The van der Waals surface area contributed by atoms with Gasteiger partial charge in [0.15, 0.2) is 0 Å². The molecule has 0 fully saturated rings. The number of carbonyl (C=O) groups excluding carboxylic acids is 1. The summed E-state index contributed by atoms with van der Waals surface area (Å²) in [5.74, 6) is 0.0304. The van der Waals surface area contributed by atoms with Crippen LogP contribution in [0.1, 0.15) is 12.5 Å². The van der Waals surface area contributed by atoms with Gasteiger partial charge < -0.3 is 0 Å². The van der Waals surface area contributed by atoms with Crippen LogP contribution in [0.4, 0.5) is 5.69 Å². The molecule has 2 aromatic rings. The standard InChI is InChI=1S/C16H13NOS/c1-12(18)17-14-9-5-6-10-16(14)19-11-15(17)13-7-3-2-4-8-13/h2-11H,1H3. The number of carbonyl (C=O) groups is 1. The first-order valence-corrected chi connectivity index (χ1v) is 6.97. The van der Waals surface area contributed by atoms with Gasteiger partial charge in [0.25, 0.3) is 0 Å². The second-order valence-corrected chi connectivity index (χ2v) is 5.22. The predicted molar refractivity (Wildman–Crippen MR) is 79.9 cm³/mol. The van der Waals surface area contributed by atoms with Crippen LogP contribution in [0.2, 0.25) is 0 Å². The van der Waals surface area contributed by atoms with Crippen molar-refractivity contribution in [3.05, 3.63) is 65.6 Å². The van der Waals surface area contributed by atoms with Crippen molar-refractivity contribution in [1.29, 1.82) is 0 Å². The summed E-state index contributed by atoms with van der Waals surface area (Å²) in [4.78, 5) is 14.9. The largest absolute Gasteiger partial charge is 0.279 e. The maximum absolute atomic E-state index is 12.0. The minimum absolute atomic E-state index is 0.0304. The van der Waals surface area contributed by atoms with E-state index in [9.17, 15) is 4.79 Å². The smallest absolute Gasteiger partial charge is 0.228 e. The summed E-state index contributed by atoms with van der Waals surface area (Å²) in [6.45, 7) is 1.60. The SMILES string of the molecule is CC(=O)N1C(c2ccccc2)=CSc2ccccc21. The lowest BCUT2D eigenvalue weighted by molar-refractivity contribution is -0.115. The van der Waals surface area contributed by atoms with Gasteiger partial charge in [-0.25, -0.2) is 0 Å². The van der Waals surface area contributed by atoms with Crippen molar-refractivity contribution >= 4 is 29.1 Å². The van der Waals surface area contributed by atoms with Crippen LogP contribution in [0.15, 0.2) is 64.9 Å². The molecular formula is C16H13NOS. The summed E-state index contributed by atoms with van der Waals surface area (Å²) in [7, 11) is 0. The molecule has 0 unspecified atom stereocenters. The van der Waals surface area contributed by atoms with Crippen molar-refractivity contribution in [3.63, 3.8) is 0 Å². The Labute approximate surface area is 116 Å². The van der Waals surface area contributed by atoms with Crippen LogP contribution in [0, 0.1) is 0 Å². The van der Waals surface area contributed by atoms with Crippen LogP contribution in [0.25, 0.3) is 5.70 Å². The lowest BCUT2D eigenvalue weighted by Gasteiger charge is -2.29. The Kier molecular flexibility index (Phi) is 3.13. The highest BCUT2D eigenvalue weighted by Crippen LogP contribution is 2.41. The van der Waals surface area contributed by atoms with Gasteiger partial charge in [-0.15, -0.1) is 0 Å². The topological polar surface area (TPSA) is 20.3 Å². The van der Waals surface area contributed by atoms with E-state index in [1.807, 2.05) is 60.0 Å². The molecule has 0 saturated heterocycles. The highest BCUT2D eigenvalue weighted by molar-refractivity contribution is 8.02. The van der Waals surface area contributed by atoms with Gasteiger partial charge in [0.2, 0.25) is 5.91 Å². The number of thioether (sulfide) groups is 1. The van der Waals surface area contributed by atoms with E-state index in [0.29, 0.717) is 0 Å². The van der Waals surface area contributed by atoms with Crippen molar-refractivity contribution in [1.82, 2.24) is 0 Å². The van der Waals surface area contributed by atoms with Crippen molar-refractivity contribution < 1.29 is 4.79 Å². The van der Waals surface area contributed by atoms with Gasteiger partial charge in [-0.2, -0.15) is 0 Å². The summed E-state index contributed by atoms with van der Waals surface area (Å²) in [6, 6.07) is 18.0. The molecule has 1 amide bonds. The monoisotopic (exact) mass is 267 g/mol. The molecule has 0 spiro atoms. The molecule has 3 heteroatoms. The number of para-hydroxylation sites is 1. The number of benzene rings is 2. The number of anilines is 1. The molecule has 0 aromatic heterocycles. The normalized spacial score (nSPS) is 13.7. The first-order valence-electron chi connectivity index (χ1n) is 6.09. The third-order valence-corrected chi connectivity index (χ3v) is 3.97. The van der Waals surface area contributed by atoms with Gasteiger partial charge >= 0.3 is 0 Å². The molecule has 0 saturated carbocycles. The minimum Gasteiger partial charge on any atom is -0.279 e. The van der Waals surface area contributed by atoms with E-state index in [4.69, 9.17) is 0 Å². The zero-order chi connectivity index (χ0) is 13.2. The molecule has 19 heavy (non-hydrogen) atoms. The highest BCUT2D eigenvalue weighted by atomic mass is 32.2. The molecule has 0 aliphatic carbocycles. The van der Waals surface area contributed by atoms with Crippen molar-refractivity contribution in [2.75, 3.05) is 4.90 Å².